The predicted octanol–water partition coefficient (Wildman–Crippen LogP) is 2.72. The average molecular weight is 300 g/mol. The highest BCUT2D eigenvalue weighted by atomic mass is 16.5. The lowest BCUT2D eigenvalue weighted by Gasteiger charge is -2.27. The number of benzene rings is 1. The zero-order chi connectivity index (χ0) is 15.5. The molecule has 114 valence electrons. The van der Waals surface area contributed by atoms with Crippen LogP contribution in [0, 0.1) is 0 Å². The molecule has 2 heterocycles. The second-order valence-electron chi connectivity index (χ2n) is 4.95. The molecule has 0 fully saturated rings. The Morgan fingerprint density at radius 2 is 2.27 bits per heavy atom. The van der Waals surface area contributed by atoms with Crippen molar-refractivity contribution >= 4 is 11.8 Å². The van der Waals surface area contributed by atoms with E-state index in [4.69, 9.17) is 14.6 Å². The van der Waals surface area contributed by atoms with Crippen molar-refractivity contribution in [3.05, 3.63) is 47.7 Å². The van der Waals surface area contributed by atoms with Gasteiger partial charge in [0, 0.05) is 12.0 Å². The number of ether oxygens (including phenoxy) is 2. The van der Waals surface area contributed by atoms with Crippen LogP contribution in [0.25, 0.3) is 0 Å². The molecule has 0 spiro atoms. The molecule has 1 aliphatic heterocycles. The number of nitrogens with one attached hydrogen (secondary N) is 1. The Morgan fingerprint density at radius 1 is 1.41 bits per heavy atom. The van der Waals surface area contributed by atoms with Gasteiger partial charge in [0.25, 0.3) is 0 Å². The Hall–Kier alpha value is -2.76. The van der Waals surface area contributed by atoms with Gasteiger partial charge in [-0.2, -0.15) is 0 Å². The van der Waals surface area contributed by atoms with Crippen LogP contribution in [0.2, 0.25) is 0 Å². The summed E-state index contributed by atoms with van der Waals surface area (Å²) in [5.41, 5.74) is 0.996. The summed E-state index contributed by atoms with van der Waals surface area (Å²) in [7, 11) is 1.62. The first-order valence-corrected chi connectivity index (χ1v) is 6.95. The van der Waals surface area contributed by atoms with Gasteiger partial charge in [-0.05, 0) is 30.3 Å². The van der Waals surface area contributed by atoms with Gasteiger partial charge in [0.1, 0.15) is 17.3 Å². The van der Waals surface area contributed by atoms with E-state index >= 15 is 0 Å². The molecule has 2 N–H and O–H groups in total. The average Bonchev–Trinajstić information content (AvgIpc) is 2.55. The monoisotopic (exact) mass is 300 g/mol. The van der Waals surface area contributed by atoms with Gasteiger partial charge in [-0.15, -0.1) is 0 Å². The van der Waals surface area contributed by atoms with Gasteiger partial charge in [-0.1, -0.05) is 6.07 Å². The molecule has 1 aromatic carbocycles. The first kappa shape index (κ1) is 14.2. The Balaban J connectivity index is 1.88. The minimum Gasteiger partial charge on any atom is -0.497 e. The molecular weight excluding hydrogens is 284 g/mol. The molecule has 1 aliphatic rings. The number of aromatic nitrogens is 1. The molecule has 0 bridgehead atoms. The molecule has 3 rings (SSSR count). The van der Waals surface area contributed by atoms with Crippen molar-refractivity contribution in [3.63, 3.8) is 0 Å². The third kappa shape index (κ3) is 2.81. The van der Waals surface area contributed by atoms with E-state index in [1.807, 2.05) is 18.2 Å². The zero-order valence-electron chi connectivity index (χ0n) is 12.1. The fourth-order valence-electron chi connectivity index (χ4n) is 2.46. The van der Waals surface area contributed by atoms with Crippen LogP contribution in [-0.2, 0) is 0 Å². The van der Waals surface area contributed by atoms with Crippen molar-refractivity contribution in [1.29, 1.82) is 0 Å². The van der Waals surface area contributed by atoms with E-state index in [0.29, 0.717) is 12.4 Å². The first-order valence-electron chi connectivity index (χ1n) is 6.95. The largest absolute Gasteiger partial charge is 0.497 e. The lowest BCUT2D eigenvalue weighted by atomic mass is 10.00. The maximum atomic E-state index is 11.0. The lowest BCUT2D eigenvalue weighted by Crippen LogP contribution is -2.21. The molecule has 2 aromatic rings. The van der Waals surface area contributed by atoms with Crippen LogP contribution in [0.3, 0.4) is 0 Å². The SMILES string of the molecule is COc1ccc2c(c1)[C@@H](Nc1cccc(C(=O)O)n1)CCO2. The number of carboxylic acid groups (broad SMARTS) is 1. The molecule has 0 saturated heterocycles. The van der Waals surface area contributed by atoms with Crippen molar-refractivity contribution in [2.24, 2.45) is 0 Å². The number of methoxy groups -OCH3 is 1. The third-order valence-electron chi connectivity index (χ3n) is 3.55. The number of anilines is 1. The minimum atomic E-state index is -1.04. The van der Waals surface area contributed by atoms with E-state index in [-0.39, 0.29) is 11.7 Å². The number of nitrogens with zero attached hydrogens (tertiary/aromatic N) is 1. The van der Waals surface area contributed by atoms with E-state index in [9.17, 15) is 4.79 Å². The van der Waals surface area contributed by atoms with Crippen molar-refractivity contribution in [3.8, 4) is 11.5 Å². The van der Waals surface area contributed by atoms with Gasteiger partial charge < -0.3 is 19.9 Å². The van der Waals surface area contributed by atoms with E-state index < -0.39 is 5.97 Å². The highest BCUT2D eigenvalue weighted by molar-refractivity contribution is 5.85. The molecule has 6 nitrogen and oxygen atoms in total. The topological polar surface area (TPSA) is 80.7 Å². The van der Waals surface area contributed by atoms with Gasteiger partial charge in [0.15, 0.2) is 5.69 Å². The number of hydrogen-bond donors (Lipinski definition) is 2. The maximum absolute atomic E-state index is 11.0. The van der Waals surface area contributed by atoms with Gasteiger partial charge in [-0.25, -0.2) is 9.78 Å². The van der Waals surface area contributed by atoms with Crippen molar-refractivity contribution in [2.45, 2.75) is 12.5 Å². The van der Waals surface area contributed by atoms with Crippen molar-refractivity contribution in [1.82, 2.24) is 4.98 Å². The first-order chi connectivity index (χ1) is 10.7. The standard InChI is InChI=1S/C16H16N2O4/c1-21-10-5-6-14-11(9-10)12(7-8-22-14)17-15-4-2-3-13(18-15)16(19)20/h2-6,9,12H,7-8H2,1H3,(H,17,18)(H,19,20)/t12-/m0/s1. The summed E-state index contributed by atoms with van der Waals surface area (Å²) in [6.45, 7) is 0.593. The molecule has 1 aromatic heterocycles. The molecule has 1 atom stereocenters. The molecule has 0 amide bonds. The van der Waals surface area contributed by atoms with Gasteiger partial charge in [0.05, 0.1) is 19.8 Å². The van der Waals surface area contributed by atoms with Crippen LogP contribution in [0.15, 0.2) is 36.4 Å². The molecule has 6 heteroatoms. The number of pyridine rings is 1. The molecule has 0 radical (unpaired) electrons. The number of carboxylic acids is 1. The van der Waals surface area contributed by atoms with Crippen LogP contribution in [0.4, 0.5) is 5.82 Å². The van der Waals surface area contributed by atoms with E-state index in [1.165, 1.54) is 6.07 Å². The quantitative estimate of drug-likeness (QED) is 0.903. The smallest absolute Gasteiger partial charge is 0.354 e. The highest BCUT2D eigenvalue weighted by Crippen LogP contribution is 2.36. The van der Waals surface area contributed by atoms with Crippen molar-refractivity contribution in [2.75, 3.05) is 19.0 Å². The lowest BCUT2D eigenvalue weighted by molar-refractivity contribution is 0.0690. The van der Waals surface area contributed by atoms with E-state index in [2.05, 4.69) is 10.3 Å². The Morgan fingerprint density at radius 3 is 3.05 bits per heavy atom. The maximum Gasteiger partial charge on any atom is 0.354 e. The number of hydrogen-bond acceptors (Lipinski definition) is 5. The predicted molar refractivity (Wildman–Crippen MR) is 80.7 cm³/mol. The van der Waals surface area contributed by atoms with Gasteiger partial charge in [-0.3, -0.25) is 0 Å². The van der Waals surface area contributed by atoms with E-state index in [1.54, 1.807) is 19.2 Å². The summed E-state index contributed by atoms with van der Waals surface area (Å²) >= 11 is 0. The van der Waals surface area contributed by atoms with Crippen LogP contribution >= 0.6 is 0 Å². The number of aromatic carboxylic acids is 1. The fraction of sp³-hybridized carbons (Fsp3) is 0.250. The summed E-state index contributed by atoms with van der Waals surface area (Å²) in [6, 6.07) is 10.5. The Bertz CT molecular complexity index is 702. The second kappa shape index (κ2) is 5.93. The highest BCUT2D eigenvalue weighted by Gasteiger charge is 2.22. The Labute approximate surface area is 127 Å². The van der Waals surface area contributed by atoms with Crippen LogP contribution in [0.5, 0.6) is 11.5 Å². The molecule has 0 unspecified atom stereocenters. The zero-order valence-corrected chi connectivity index (χ0v) is 12.1. The summed E-state index contributed by atoms with van der Waals surface area (Å²) in [6.07, 6.45) is 0.763. The van der Waals surface area contributed by atoms with Gasteiger partial charge >= 0.3 is 5.97 Å². The number of rotatable bonds is 4. The van der Waals surface area contributed by atoms with Crippen LogP contribution in [-0.4, -0.2) is 29.8 Å². The molecule has 0 aliphatic carbocycles. The second-order valence-corrected chi connectivity index (χ2v) is 4.95. The summed E-state index contributed by atoms with van der Waals surface area (Å²) in [4.78, 5) is 15.1. The Kier molecular flexibility index (Phi) is 3.82. The molecule has 22 heavy (non-hydrogen) atoms. The molecular formula is C16H16N2O4. The number of carbonyl (C=O) groups is 1. The summed E-state index contributed by atoms with van der Waals surface area (Å²) in [5, 5.41) is 12.3. The third-order valence-corrected chi connectivity index (χ3v) is 3.55. The molecule has 0 saturated carbocycles. The normalized spacial score (nSPS) is 16.3. The van der Waals surface area contributed by atoms with Crippen molar-refractivity contribution < 1.29 is 19.4 Å². The summed E-state index contributed by atoms with van der Waals surface area (Å²) in [5.74, 6) is 1.04. The number of fused-ring (bicyclic) bond motifs is 1. The van der Waals surface area contributed by atoms with Crippen LogP contribution < -0.4 is 14.8 Å². The van der Waals surface area contributed by atoms with E-state index in [0.717, 1.165) is 23.5 Å². The van der Waals surface area contributed by atoms with Crippen LogP contribution in [0.1, 0.15) is 28.5 Å². The van der Waals surface area contributed by atoms with Gasteiger partial charge in [0.2, 0.25) is 0 Å². The fourth-order valence-corrected chi connectivity index (χ4v) is 2.46. The minimum absolute atomic E-state index is 0.00426. The summed E-state index contributed by atoms with van der Waals surface area (Å²) < 4.78 is 10.9.